The number of carbonyl (C=O) groups is 1. The molecule has 1 aliphatic carbocycles. The highest BCUT2D eigenvalue weighted by Gasteiger charge is 2.33. The van der Waals surface area contributed by atoms with E-state index in [1.54, 1.807) is 12.1 Å². The minimum atomic E-state index is 0.0918. The van der Waals surface area contributed by atoms with Gasteiger partial charge < -0.3 is 14.4 Å². The SMILES string of the molecule is Cc1nn(-c2ccccc2)c(Oc2ccc(Cl)cc2)c1CN(C[C@@H]1CCCO1)C(=O)C1CCC1. The van der Waals surface area contributed by atoms with Crippen molar-refractivity contribution in [3.63, 3.8) is 0 Å². The lowest BCUT2D eigenvalue weighted by molar-refractivity contribution is -0.140. The van der Waals surface area contributed by atoms with Crippen LogP contribution in [0.15, 0.2) is 54.6 Å². The van der Waals surface area contributed by atoms with Crippen LogP contribution in [0.25, 0.3) is 5.69 Å². The monoisotopic (exact) mass is 479 g/mol. The summed E-state index contributed by atoms with van der Waals surface area (Å²) in [6.45, 7) is 3.79. The number of hydrogen-bond donors (Lipinski definition) is 0. The number of aromatic nitrogens is 2. The second-order valence-electron chi connectivity index (χ2n) is 9.15. The fourth-order valence-electron chi connectivity index (χ4n) is 4.55. The first-order valence-electron chi connectivity index (χ1n) is 12.1. The van der Waals surface area contributed by atoms with E-state index in [1.165, 1.54) is 0 Å². The van der Waals surface area contributed by atoms with Crippen LogP contribution in [-0.4, -0.2) is 39.8 Å². The summed E-state index contributed by atoms with van der Waals surface area (Å²) in [5, 5.41) is 5.46. The highest BCUT2D eigenvalue weighted by molar-refractivity contribution is 6.30. The molecular formula is C27H30ClN3O3. The van der Waals surface area contributed by atoms with Gasteiger partial charge in [0.05, 0.1) is 29.6 Å². The molecule has 5 rings (SSSR count). The highest BCUT2D eigenvalue weighted by Crippen LogP contribution is 2.34. The van der Waals surface area contributed by atoms with Crippen LogP contribution < -0.4 is 4.74 Å². The van der Waals surface area contributed by atoms with Gasteiger partial charge in [-0.15, -0.1) is 0 Å². The molecule has 1 aromatic heterocycles. The van der Waals surface area contributed by atoms with Gasteiger partial charge in [-0.3, -0.25) is 4.79 Å². The van der Waals surface area contributed by atoms with Crippen molar-refractivity contribution in [2.75, 3.05) is 13.2 Å². The first-order chi connectivity index (χ1) is 16.6. The van der Waals surface area contributed by atoms with Crippen LogP contribution >= 0.6 is 11.6 Å². The van der Waals surface area contributed by atoms with Gasteiger partial charge in [-0.2, -0.15) is 5.10 Å². The Hall–Kier alpha value is -2.83. The highest BCUT2D eigenvalue weighted by atomic mass is 35.5. The molecule has 1 atom stereocenters. The van der Waals surface area contributed by atoms with E-state index in [0.717, 1.165) is 55.7 Å². The number of benzene rings is 2. The lowest BCUT2D eigenvalue weighted by Gasteiger charge is -2.33. The van der Waals surface area contributed by atoms with E-state index in [4.69, 9.17) is 26.2 Å². The van der Waals surface area contributed by atoms with Crippen molar-refractivity contribution in [2.24, 2.45) is 5.92 Å². The molecule has 2 aromatic carbocycles. The zero-order valence-electron chi connectivity index (χ0n) is 19.5. The number of halogens is 1. The lowest BCUT2D eigenvalue weighted by Crippen LogP contribution is -2.42. The third kappa shape index (κ3) is 4.98. The maximum atomic E-state index is 13.4. The van der Waals surface area contributed by atoms with Gasteiger partial charge in [0.25, 0.3) is 0 Å². The molecule has 1 saturated heterocycles. The van der Waals surface area contributed by atoms with Gasteiger partial charge in [0, 0.05) is 24.1 Å². The molecule has 0 unspecified atom stereocenters. The van der Waals surface area contributed by atoms with Crippen molar-refractivity contribution in [3.05, 3.63) is 70.9 Å². The third-order valence-corrected chi connectivity index (χ3v) is 6.98. The summed E-state index contributed by atoms with van der Waals surface area (Å²) in [7, 11) is 0. The Morgan fingerprint density at radius 1 is 1.12 bits per heavy atom. The van der Waals surface area contributed by atoms with Crippen molar-refractivity contribution in [3.8, 4) is 17.3 Å². The Kier molecular flexibility index (Phi) is 6.88. The summed E-state index contributed by atoms with van der Waals surface area (Å²) in [4.78, 5) is 15.4. The summed E-state index contributed by atoms with van der Waals surface area (Å²) >= 11 is 6.08. The molecule has 2 heterocycles. The molecule has 2 fully saturated rings. The molecule has 0 bridgehead atoms. The molecular weight excluding hydrogens is 450 g/mol. The van der Waals surface area contributed by atoms with Crippen LogP contribution in [0.4, 0.5) is 0 Å². The fourth-order valence-corrected chi connectivity index (χ4v) is 4.68. The van der Waals surface area contributed by atoms with Crippen molar-refractivity contribution in [2.45, 2.75) is 51.7 Å². The summed E-state index contributed by atoms with van der Waals surface area (Å²) in [6, 6.07) is 17.2. The van der Waals surface area contributed by atoms with Gasteiger partial charge in [0.2, 0.25) is 11.8 Å². The van der Waals surface area contributed by atoms with E-state index in [-0.39, 0.29) is 17.9 Å². The first kappa shape index (κ1) is 22.9. The smallest absolute Gasteiger partial charge is 0.227 e. The van der Waals surface area contributed by atoms with Crippen molar-refractivity contribution in [1.82, 2.24) is 14.7 Å². The van der Waals surface area contributed by atoms with Crippen LogP contribution in [-0.2, 0) is 16.1 Å². The molecule has 0 spiro atoms. The van der Waals surface area contributed by atoms with E-state index in [9.17, 15) is 4.79 Å². The van der Waals surface area contributed by atoms with E-state index in [1.807, 2.05) is 59.0 Å². The van der Waals surface area contributed by atoms with Gasteiger partial charge in [0.15, 0.2) is 0 Å². The average molecular weight is 480 g/mol. The van der Waals surface area contributed by atoms with E-state index in [2.05, 4.69) is 0 Å². The molecule has 1 saturated carbocycles. The van der Waals surface area contributed by atoms with E-state index in [0.29, 0.717) is 29.7 Å². The predicted molar refractivity (Wildman–Crippen MR) is 132 cm³/mol. The average Bonchev–Trinajstić information content (AvgIpc) is 3.43. The van der Waals surface area contributed by atoms with E-state index >= 15 is 0 Å². The zero-order valence-corrected chi connectivity index (χ0v) is 20.2. The van der Waals surface area contributed by atoms with Crippen LogP contribution in [0.3, 0.4) is 0 Å². The van der Waals surface area contributed by atoms with Crippen LogP contribution in [0, 0.1) is 12.8 Å². The third-order valence-electron chi connectivity index (χ3n) is 6.73. The van der Waals surface area contributed by atoms with Crippen LogP contribution in [0.2, 0.25) is 5.02 Å². The van der Waals surface area contributed by atoms with Gasteiger partial charge >= 0.3 is 0 Å². The minimum absolute atomic E-state index is 0.0918. The molecule has 3 aromatic rings. The Labute approximate surface area is 205 Å². The number of para-hydroxylation sites is 1. The molecule has 0 radical (unpaired) electrons. The van der Waals surface area contributed by atoms with Crippen molar-refractivity contribution >= 4 is 17.5 Å². The number of aryl methyl sites for hydroxylation is 1. The molecule has 6 nitrogen and oxygen atoms in total. The topological polar surface area (TPSA) is 56.6 Å². The van der Waals surface area contributed by atoms with Gasteiger partial charge in [-0.05, 0) is 69.0 Å². The Balaban J connectivity index is 1.50. The maximum absolute atomic E-state index is 13.4. The largest absolute Gasteiger partial charge is 0.439 e. The number of hydrogen-bond acceptors (Lipinski definition) is 4. The predicted octanol–water partition coefficient (Wildman–Crippen LogP) is 5.93. The van der Waals surface area contributed by atoms with Gasteiger partial charge in [-0.25, -0.2) is 4.68 Å². The Bertz CT molecular complexity index is 1120. The summed E-state index contributed by atoms with van der Waals surface area (Å²) in [6.07, 6.45) is 5.19. The summed E-state index contributed by atoms with van der Waals surface area (Å²) < 4.78 is 14.1. The summed E-state index contributed by atoms with van der Waals surface area (Å²) in [5.74, 6) is 1.61. The molecule has 34 heavy (non-hydrogen) atoms. The Morgan fingerprint density at radius 2 is 1.88 bits per heavy atom. The first-order valence-corrected chi connectivity index (χ1v) is 12.4. The quantitative estimate of drug-likeness (QED) is 0.401. The second-order valence-corrected chi connectivity index (χ2v) is 9.59. The zero-order chi connectivity index (χ0) is 23.5. The number of amides is 1. The second kappa shape index (κ2) is 10.2. The molecule has 1 aliphatic heterocycles. The molecule has 2 aliphatic rings. The normalized spacial score (nSPS) is 18.0. The van der Waals surface area contributed by atoms with Gasteiger partial charge in [0.1, 0.15) is 5.75 Å². The lowest BCUT2D eigenvalue weighted by atomic mass is 9.84. The maximum Gasteiger partial charge on any atom is 0.227 e. The number of ether oxygens (including phenoxy) is 2. The molecule has 1 amide bonds. The summed E-state index contributed by atoms with van der Waals surface area (Å²) in [5.41, 5.74) is 2.65. The number of rotatable bonds is 8. The van der Waals surface area contributed by atoms with Crippen LogP contribution in [0.1, 0.15) is 43.4 Å². The number of nitrogens with zero attached hydrogens (tertiary/aromatic N) is 3. The molecule has 178 valence electrons. The van der Waals surface area contributed by atoms with E-state index < -0.39 is 0 Å². The molecule has 7 heteroatoms. The minimum Gasteiger partial charge on any atom is -0.439 e. The van der Waals surface area contributed by atoms with Crippen molar-refractivity contribution in [1.29, 1.82) is 0 Å². The van der Waals surface area contributed by atoms with Gasteiger partial charge in [-0.1, -0.05) is 36.2 Å². The van der Waals surface area contributed by atoms with Crippen LogP contribution in [0.5, 0.6) is 11.6 Å². The number of carbonyl (C=O) groups excluding carboxylic acids is 1. The Morgan fingerprint density at radius 3 is 2.53 bits per heavy atom. The fraction of sp³-hybridized carbons (Fsp3) is 0.407. The standard InChI is InChI=1S/C27H30ClN3O3/c1-19-25(18-30(17-24-11-6-16-33-24)26(32)20-7-5-8-20)27(34-23-14-12-21(28)13-15-23)31(29-19)22-9-3-2-4-10-22/h2-4,9-10,12-15,20,24H,5-8,11,16-18H2,1H3/t24-/m0/s1. The van der Waals surface area contributed by atoms with Crippen molar-refractivity contribution < 1.29 is 14.3 Å². The molecule has 0 N–H and O–H groups in total.